The van der Waals surface area contributed by atoms with E-state index in [2.05, 4.69) is 0 Å². The second kappa shape index (κ2) is 9.24. The lowest BCUT2D eigenvalue weighted by atomic mass is 10.2. The van der Waals surface area contributed by atoms with Crippen LogP contribution < -0.4 is 4.90 Å². The van der Waals surface area contributed by atoms with Gasteiger partial charge in [-0.3, -0.25) is 4.79 Å². The van der Waals surface area contributed by atoms with Crippen molar-refractivity contribution in [1.29, 1.82) is 0 Å². The molecule has 0 bridgehead atoms. The molecule has 0 unspecified atom stereocenters. The van der Waals surface area contributed by atoms with E-state index in [9.17, 15) is 13.2 Å². The van der Waals surface area contributed by atoms with E-state index in [0.29, 0.717) is 12.2 Å². The third kappa shape index (κ3) is 4.80. The zero-order valence-electron chi connectivity index (χ0n) is 17.6. The maximum Gasteiger partial charge on any atom is 0.237 e. The van der Waals surface area contributed by atoms with E-state index in [1.165, 1.54) is 11.8 Å². The van der Waals surface area contributed by atoms with Gasteiger partial charge in [0.25, 0.3) is 0 Å². The van der Waals surface area contributed by atoms with Gasteiger partial charge in [-0.15, -0.1) is 11.3 Å². The van der Waals surface area contributed by atoms with Crippen LogP contribution in [0.5, 0.6) is 0 Å². The molecule has 2 aromatic heterocycles. The number of sulfone groups is 1. The van der Waals surface area contributed by atoms with Crippen molar-refractivity contribution in [3.63, 3.8) is 0 Å². The van der Waals surface area contributed by atoms with Crippen LogP contribution in [0.1, 0.15) is 6.42 Å². The van der Waals surface area contributed by atoms with Gasteiger partial charge in [-0.2, -0.15) is 0 Å². The fraction of sp³-hybridized carbons (Fsp3) is 0.208. The summed E-state index contributed by atoms with van der Waals surface area (Å²) in [5, 5.41) is 3.62. The standard InChI is InChI=1S/C24H21N3O3S3/c28-22(27(17-7-2-1-3-8-17)18-12-14-33(29,30)16-18)15-32-24-19-9-4-5-10-20(19)25-23(26-24)21-11-6-13-31-21/h1-11,13,18H,12,14-16H2/t18-/m1/s1. The van der Waals surface area contributed by atoms with Crippen molar-refractivity contribution in [3.05, 3.63) is 72.1 Å². The number of carbonyl (C=O) groups is 1. The Hall–Kier alpha value is -2.75. The summed E-state index contributed by atoms with van der Waals surface area (Å²) in [7, 11) is -3.13. The zero-order chi connectivity index (χ0) is 22.8. The SMILES string of the molecule is O=C(CSc1nc(-c2cccs2)nc2ccccc12)N(c1ccccc1)[C@@H]1CCS(=O)(=O)C1. The number of anilines is 1. The Morgan fingerprint density at radius 1 is 1.03 bits per heavy atom. The van der Waals surface area contributed by atoms with Gasteiger partial charge >= 0.3 is 0 Å². The average Bonchev–Trinajstić information content (AvgIpc) is 3.48. The lowest BCUT2D eigenvalue weighted by molar-refractivity contribution is -0.116. The summed E-state index contributed by atoms with van der Waals surface area (Å²) in [5.74, 6) is 0.768. The molecular formula is C24H21N3O3S3. The summed E-state index contributed by atoms with van der Waals surface area (Å²) in [4.78, 5) is 25.5. The first-order valence-corrected chi connectivity index (χ1v) is 14.2. The number of amides is 1. The zero-order valence-corrected chi connectivity index (χ0v) is 20.1. The minimum atomic E-state index is -3.13. The minimum Gasteiger partial charge on any atom is -0.308 e. The summed E-state index contributed by atoms with van der Waals surface area (Å²) >= 11 is 2.93. The molecule has 4 aromatic rings. The normalized spacial score (nSPS) is 17.3. The first-order chi connectivity index (χ1) is 16.0. The summed E-state index contributed by atoms with van der Waals surface area (Å²) < 4.78 is 24.2. The van der Waals surface area contributed by atoms with Crippen molar-refractivity contribution < 1.29 is 13.2 Å². The van der Waals surface area contributed by atoms with Crippen LogP contribution in [0.15, 0.2) is 77.1 Å². The number of nitrogens with zero attached hydrogens (tertiary/aromatic N) is 3. The summed E-state index contributed by atoms with van der Waals surface area (Å²) in [6.07, 6.45) is 0.451. The molecule has 1 aliphatic heterocycles. The highest BCUT2D eigenvalue weighted by Crippen LogP contribution is 2.31. The molecule has 1 fully saturated rings. The third-order valence-corrected chi connectivity index (χ3v) is 9.11. The predicted octanol–water partition coefficient (Wildman–Crippen LogP) is 4.67. The van der Waals surface area contributed by atoms with Gasteiger partial charge in [0.2, 0.25) is 5.91 Å². The second-order valence-corrected chi connectivity index (χ2v) is 11.9. The van der Waals surface area contributed by atoms with Gasteiger partial charge in [0, 0.05) is 11.1 Å². The molecule has 1 amide bonds. The van der Waals surface area contributed by atoms with E-state index in [1.54, 1.807) is 16.2 Å². The maximum atomic E-state index is 13.4. The number of hydrogen-bond acceptors (Lipinski definition) is 7. The third-order valence-electron chi connectivity index (χ3n) is 5.52. The molecule has 33 heavy (non-hydrogen) atoms. The Kier molecular flexibility index (Phi) is 6.18. The second-order valence-electron chi connectivity index (χ2n) is 7.79. The number of fused-ring (bicyclic) bond motifs is 1. The van der Waals surface area contributed by atoms with E-state index in [1.807, 2.05) is 72.1 Å². The molecule has 168 valence electrons. The van der Waals surface area contributed by atoms with Crippen LogP contribution in [-0.4, -0.2) is 47.6 Å². The molecule has 6 nitrogen and oxygen atoms in total. The van der Waals surface area contributed by atoms with Crippen molar-refractivity contribution in [3.8, 4) is 10.7 Å². The van der Waals surface area contributed by atoms with Crippen LogP contribution in [0.2, 0.25) is 0 Å². The Bertz CT molecular complexity index is 1390. The number of para-hydroxylation sites is 2. The molecule has 9 heteroatoms. The number of thiophene rings is 1. The highest BCUT2D eigenvalue weighted by molar-refractivity contribution is 8.00. The summed E-state index contributed by atoms with van der Waals surface area (Å²) in [6, 6.07) is 20.7. The first kappa shape index (κ1) is 22.1. The van der Waals surface area contributed by atoms with Crippen LogP contribution >= 0.6 is 23.1 Å². The Morgan fingerprint density at radius 2 is 1.82 bits per heavy atom. The lowest BCUT2D eigenvalue weighted by Crippen LogP contribution is -2.42. The van der Waals surface area contributed by atoms with Crippen LogP contribution in [0.4, 0.5) is 5.69 Å². The summed E-state index contributed by atoms with van der Waals surface area (Å²) in [5.41, 5.74) is 1.55. The molecule has 1 saturated heterocycles. The summed E-state index contributed by atoms with van der Waals surface area (Å²) in [6.45, 7) is 0. The first-order valence-electron chi connectivity index (χ1n) is 10.5. The Labute approximate surface area is 200 Å². The quantitative estimate of drug-likeness (QED) is 0.286. The number of benzene rings is 2. The monoisotopic (exact) mass is 495 g/mol. The largest absolute Gasteiger partial charge is 0.308 e. The van der Waals surface area contributed by atoms with E-state index in [0.717, 1.165) is 26.5 Å². The van der Waals surface area contributed by atoms with Crippen LogP contribution in [0, 0.1) is 0 Å². The van der Waals surface area contributed by atoms with Gasteiger partial charge in [-0.05, 0) is 36.1 Å². The number of thioether (sulfide) groups is 1. The Balaban J connectivity index is 1.44. The predicted molar refractivity (Wildman–Crippen MR) is 135 cm³/mol. The minimum absolute atomic E-state index is 0.00271. The molecule has 0 saturated carbocycles. The van der Waals surface area contributed by atoms with Crippen LogP contribution in [0.3, 0.4) is 0 Å². The van der Waals surface area contributed by atoms with Crippen molar-refractivity contribution in [1.82, 2.24) is 9.97 Å². The van der Waals surface area contributed by atoms with Crippen LogP contribution in [-0.2, 0) is 14.6 Å². The topological polar surface area (TPSA) is 80.2 Å². The molecule has 0 N–H and O–H groups in total. The molecular weight excluding hydrogens is 474 g/mol. The van der Waals surface area contributed by atoms with Gasteiger partial charge in [-0.1, -0.05) is 54.2 Å². The Morgan fingerprint density at radius 3 is 2.55 bits per heavy atom. The van der Waals surface area contributed by atoms with Crippen molar-refractivity contribution in [2.24, 2.45) is 0 Å². The lowest BCUT2D eigenvalue weighted by Gasteiger charge is -2.28. The number of carbonyl (C=O) groups excluding carboxylic acids is 1. The molecule has 5 rings (SSSR count). The van der Waals surface area contributed by atoms with E-state index < -0.39 is 9.84 Å². The number of hydrogen-bond donors (Lipinski definition) is 0. The van der Waals surface area contributed by atoms with Crippen molar-refractivity contribution in [2.45, 2.75) is 17.5 Å². The number of rotatable bonds is 6. The molecule has 1 aliphatic rings. The molecule has 0 radical (unpaired) electrons. The van der Waals surface area contributed by atoms with Gasteiger partial charge in [0.05, 0.1) is 33.7 Å². The highest BCUT2D eigenvalue weighted by atomic mass is 32.2. The van der Waals surface area contributed by atoms with Gasteiger partial charge in [0.1, 0.15) is 5.03 Å². The average molecular weight is 496 g/mol. The van der Waals surface area contributed by atoms with Gasteiger partial charge in [0.15, 0.2) is 15.7 Å². The number of aromatic nitrogens is 2. The fourth-order valence-electron chi connectivity index (χ4n) is 4.00. The van der Waals surface area contributed by atoms with Crippen LogP contribution in [0.25, 0.3) is 21.6 Å². The van der Waals surface area contributed by atoms with E-state index in [-0.39, 0.29) is 29.2 Å². The van der Waals surface area contributed by atoms with Gasteiger partial charge in [-0.25, -0.2) is 18.4 Å². The molecule has 3 heterocycles. The smallest absolute Gasteiger partial charge is 0.237 e. The van der Waals surface area contributed by atoms with Gasteiger partial charge < -0.3 is 4.90 Å². The molecule has 1 atom stereocenters. The van der Waals surface area contributed by atoms with Crippen molar-refractivity contribution in [2.75, 3.05) is 22.2 Å². The maximum absolute atomic E-state index is 13.4. The molecule has 0 spiro atoms. The fourth-order valence-corrected chi connectivity index (χ4v) is 7.24. The van der Waals surface area contributed by atoms with Crippen molar-refractivity contribution >= 4 is 55.4 Å². The van der Waals surface area contributed by atoms with E-state index >= 15 is 0 Å². The van der Waals surface area contributed by atoms with E-state index in [4.69, 9.17) is 9.97 Å². The molecule has 0 aliphatic carbocycles. The highest BCUT2D eigenvalue weighted by Gasteiger charge is 2.35. The molecule has 2 aromatic carbocycles.